The normalized spacial score (nSPS) is 14.7. The molecule has 0 N–H and O–H groups in total. The number of hydrogen-bond donors (Lipinski definition) is 0. The summed E-state index contributed by atoms with van der Waals surface area (Å²) in [5.74, 6) is -0.895. The molecule has 116 valence electrons. The topological polar surface area (TPSA) is 40.6 Å². The third-order valence-corrected chi connectivity index (χ3v) is 4.04. The van der Waals surface area contributed by atoms with E-state index in [9.17, 15) is 9.59 Å². The molecule has 0 aromatic heterocycles. The molecule has 0 aliphatic carbocycles. The predicted octanol–water partition coefficient (Wildman–Crippen LogP) is 3.28. The minimum Gasteiger partial charge on any atom is -0.378 e. The lowest BCUT2D eigenvalue weighted by atomic mass is 10.1. The fourth-order valence-corrected chi connectivity index (χ4v) is 2.78. The van der Waals surface area contributed by atoms with Crippen LogP contribution in [0, 0.1) is 0 Å². The number of carbonyl (C=O) groups excluding carboxylic acids is 2. The molecule has 5 heteroatoms. The standard InChI is InChI=1S/C18H15ClN2O2/c1-20(2)13-9-6-10-14(11-13)21-17(22)15(16(19)18(21)23)12-7-4-3-5-8-12/h3-11H,1-2H3. The second-order valence-electron chi connectivity index (χ2n) is 5.42. The molecule has 0 atom stereocenters. The first kappa shape index (κ1) is 15.3. The van der Waals surface area contributed by atoms with Gasteiger partial charge in [-0.1, -0.05) is 48.0 Å². The van der Waals surface area contributed by atoms with E-state index in [1.165, 1.54) is 0 Å². The molecule has 3 rings (SSSR count). The quantitative estimate of drug-likeness (QED) is 0.813. The highest BCUT2D eigenvalue weighted by Crippen LogP contribution is 2.35. The Hall–Kier alpha value is -2.59. The van der Waals surface area contributed by atoms with Gasteiger partial charge in [-0.15, -0.1) is 0 Å². The Morgan fingerprint density at radius 2 is 1.61 bits per heavy atom. The van der Waals surface area contributed by atoms with E-state index in [1.807, 2.05) is 31.1 Å². The van der Waals surface area contributed by atoms with E-state index in [4.69, 9.17) is 11.6 Å². The number of nitrogens with zero attached hydrogens (tertiary/aromatic N) is 2. The SMILES string of the molecule is CN(C)c1cccc(N2C(=O)C(Cl)=C(c3ccccc3)C2=O)c1. The average Bonchev–Trinajstić information content (AvgIpc) is 2.78. The Kier molecular flexibility index (Phi) is 3.92. The lowest BCUT2D eigenvalue weighted by molar-refractivity contribution is -0.119. The van der Waals surface area contributed by atoms with Gasteiger partial charge >= 0.3 is 0 Å². The second kappa shape index (κ2) is 5.89. The molecule has 0 saturated carbocycles. The summed E-state index contributed by atoms with van der Waals surface area (Å²) in [5, 5.41) is -0.0449. The van der Waals surface area contributed by atoms with E-state index >= 15 is 0 Å². The number of carbonyl (C=O) groups is 2. The fourth-order valence-electron chi connectivity index (χ4n) is 2.50. The Morgan fingerprint density at radius 1 is 0.913 bits per heavy atom. The van der Waals surface area contributed by atoms with Crippen molar-refractivity contribution in [1.82, 2.24) is 0 Å². The van der Waals surface area contributed by atoms with Crippen LogP contribution in [-0.2, 0) is 9.59 Å². The maximum Gasteiger partial charge on any atom is 0.277 e. The molecule has 0 unspecified atom stereocenters. The van der Waals surface area contributed by atoms with Gasteiger partial charge in [-0.3, -0.25) is 9.59 Å². The summed E-state index contributed by atoms with van der Waals surface area (Å²) in [6, 6.07) is 16.2. The molecule has 0 radical (unpaired) electrons. The van der Waals surface area contributed by atoms with Crippen LogP contribution in [0.2, 0.25) is 0 Å². The van der Waals surface area contributed by atoms with E-state index in [0.717, 1.165) is 10.6 Å². The van der Waals surface area contributed by atoms with Gasteiger partial charge in [0, 0.05) is 19.8 Å². The van der Waals surface area contributed by atoms with Crippen LogP contribution >= 0.6 is 11.6 Å². The molecule has 4 nitrogen and oxygen atoms in total. The first-order chi connectivity index (χ1) is 11.0. The molecule has 0 saturated heterocycles. The number of halogens is 1. The Morgan fingerprint density at radius 3 is 2.26 bits per heavy atom. The zero-order valence-corrected chi connectivity index (χ0v) is 13.5. The van der Waals surface area contributed by atoms with E-state index < -0.39 is 11.8 Å². The van der Waals surface area contributed by atoms with Gasteiger partial charge in [-0.2, -0.15) is 0 Å². The highest BCUT2D eigenvalue weighted by atomic mass is 35.5. The predicted molar refractivity (Wildman–Crippen MR) is 92.5 cm³/mol. The number of amides is 2. The number of anilines is 2. The first-order valence-electron chi connectivity index (χ1n) is 7.12. The number of benzene rings is 2. The van der Waals surface area contributed by atoms with Crippen LogP contribution in [0.4, 0.5) is 11.4 Å². The average molecular weight is 327 g/mol. The molecule has 2 aromatic carbocycles. The maximum atomic E-state index is 12.8. The minimum absolute atomic E-state index is 0.0449. The van der Waals surface area contributed by atoms with Crippen LogP contribution in [0.1, 0.15) is 5.56 Å². The van der Waals surface area contributed by atoms with Crippen molar-refractivity contribution in [2.24, 2.45) is 0 Å². The third-order valence-electron chi connectivity index (χ3n) is 3.69. The zero-order chi connectivity index (χ0) is 16.6. The van der Waals surface area contributed by atoms with E-state index in [-0.39, 0.29) is 10.6 Å². The van der Waals surface area contributed by atoms with Crippen molar-refractivity contribution in [1.29, 1.82) is 0 Å². The minimum atomic E-state index is -0.494. The Bertz CT molecular complexity index is 813. The van der Waals surface area contributed by atoms with Crippen molar-refractivity contribution in [2.45, 2.75) is 0 Å². The van der Waals surface area contributed by atoms with Gasteiger partial charge in [0.25, 0.3) is 11.8 Å². The van der Waals surface area contributed by atoms with Crippen molar-refractivity contribution in [2.75, 3.05) is 23.9 Å². The summed E-state index contributed by atoms with van der Waals surface area (Å²) >= 11 is 6.16. The summed E-state index contributed by atoms with van der Waals surface area (Å²) < 4.78 is 0. The van der Waals surface area contributed by atoms with Crippen molar-refractivity contribution in [3.05, 3.63) is 65.2 Å². The monoisotopic (exact) mass is 326 g/mol. The van der Waals surface area contributed by atoms with Gasteiger partial charge in [0.15, 0.2) is 0 Å². The Labute approximate surface area is 139 Å². The highest BCUT2D eigenvalue weighted by Gasteiger charge is 2.39. The Balaban J connectivity index is 2.04. The van der Waals surface area contributed by atoms with Crippen molar-refractivity contribution in [3.8, 4) is 0 Å². The molecule has 23 heavy (non-hydrogen) atoms. The number of imide groups is 1. The van der Waals surface area contributed by atoms with Gasteiger partial charge in [0.1, 0.15) is 5.03 Å². The molecule has 0 spiro atoms. The van der Waals surface area contributed by atoms with Crippen LogP contribution in [0.25, 0.3) is 5.57 Å². The second-order valence-corrected chi connectivity index (χ2v) is 5.79. The van der Waals surface area contributed by atoms with Crippen LogP contribution in [0.15, 0.2) is 59.6 Å². The summed E-state index contributed by atoms with van der Waals surface area (Å²) in [5.41, 5.74) is 2.29. The fraction of sp³-hybridized carbons (Fsp3) is 0.111. The maximum absolute atomic E-state index is 12.8. The molecule has 1 aliphatic heterocycles. The zero-order valence-electron chi connectivity index (χ0n) is 12.8. The molecule has 2 aromatic rings. The van der Waals surface area contributed by atoms with Crippen molar-refractivity contribution >= 4 is 40.4 Å². The van der Waals surface area contributed by atoms with E-state index in [0.29, 0.717) is 11.3 Å². The van der Waals surface area contributed by atoms with Crippen LogP contribution in [0.5, 0.6) is 0 Å². The van der Waals surface area contributed by atoms with E-state index in [2.05, 4.69) is 0 Å². The highest BCUT2D eigenvalue weighted by molar-refractivity contribution is 6.60. The van der Waals surface area contributed by atoms with Gasteiger partial charge in [-0.05, 0) is 23.8 Å². The first-order valence-corrected chi connectivity index (χ1v) is 7.50. The lowest BCUT2D eigenvalue weighted by Gasteiger charge is -2.18. The largest absolute Gasteiger partial charge is 0.378 e. The molecule has 0 fully saturated rings. The van der Waals surface area contributed by atoms with Crippen LogP contribution in [0.3, 0.4) is 0 Å². The molecule has 1 heterocycles. The molecular weight excluding hydrogens is 312 g/mol. The summed E-state index contributed by atoms with van der Waals surface area (Å²) in [7, 11) is 3.79. The molecule has 0 bridgehead atoms. The van der Waals surface area contributed by atoms with E-state index in [1.54, 1.807) is 42.5 Å². The van der Waals surface area contributed by atoms with Crippen LogP contribution in [-0.4, -0.2) is 25.9 Å². The molecule has 2 amide bonds. The summed E-state index contributed by atoms with van der Waals surface area (Å²) in [4.78, 5) is 28.3. The summed E-state index contributed by atoms with van der Waals surface area (Å²) in [6.07, 6.45) is 0. The van der Waals surface area contributed by atoms with Gasteiger partial charge in [-0.25, -0.2) is 4.90 Å². The van der Waals surface area contributed by atoms with Gasteiger partial charge in [0.2, 0.25) is 0 Å². The van der Waals surface area contributed by atoms with Crippen molar-refractivity contribution in [3.63, 3.8) is 0 Å². The lowest BCUT2D eigenvalue weighted by Crippen LogP contribution is -2.31. The van der Waals surface area contributed by atoms with Gasteiger partial charge < -0.3 is 4.90 Å². The number of rotatable bonds is 3. The van der Waals surface area contributed by atoms with Crippen molar-refractivity contribution < 1.29 is 9.59 Å². The summed E-state index contributed by atoms with van der Waals surface area (Å²) in [6.45, 7) is 0. The van der Waals surface area contributed by atoms with Crippen LogP contribution < -0.4 is 9.80 Å². The molecular formula is C18H15ClN2O2. The van der Waals surface area contributed by atoms with Gasteiger partial charge in [0.05, 0.1) is 11.3 Å². The number of hydrogen-bond acceptors (Lipinski definition) is 3. The molecule has 1 aliphatic rings. The third kappa shape index (κ3) is 2.62. The smallest absolute Gasteiger partial charge is 0.277 e.